The summed E-state index contributed by atoms with van der Waals surface area (Å²) in [7, 11) is 0. The summed E-state index contributed by atoms with van der Waals surface area (Å²) < 4.78 is 0. The highest BCUT2D eigenvalue weighted by atomic mass is 16.3. The van der Waals surface area contributed by atoms with Crippen LogP contribution in [0.25, 0.3) is 0 Å². The van der Waals surface area contributed by atoms with Crippen LogP contribution in [-0.2, 0) is 0 Å². The van der Waals surface area contributed by atoms with Crippen LogP contribution in [0.5, 0.6) is 0 Å². The highest BCUT2D eigenvalue weighted by molar-refractivity contribution is 5.16. The van der Waals surface area contributed by atoms with Crippen LogP contribution in [0, 0.1) is 16.7 Å². The molecule has 0 bridgehead atoms. The second-order valence-corrected chi connectivity index (χ2v) is 6.26. The summed E-state index contributed by atoms with van der Waals surface area (Å²) in [6, 6.07) is -0.142. The highest BCUT2D eigenvalue weighted by Gasteiger charge is 2.25. The van der Waals surface area contributed by atoms with Gasteiger partial charge in [-0.3, -0.25) is 0 Å². The van der Waals surface area contributed by atoms with Crippen molar-refractivity contribution in [2.45, 2.75) is 70.4 Å². The minimum atomic E-state index is -0.241. The summed E-state index contributed by atoms with van der Waals surface area (Å²) in [5, 5.41) is 13.6. The predicted molar refractivity (Wildman–Crippen MR) is 82.4 cm³/mol. The summed E-state index contributed by atoms with van der Waals surface area (Å²) in [6.45, 7) is 2.19. The van der Waals surface area contributed by atoms with Crippen molar-refractivity contribution in [1.29, 1.82) is 0 Å². The van der Waals surface area contributed by atoms with Crippen molar-refractivity contribution in [2.75, 3.05) is 0 Å². The predicted octanol–water partition coefficient (Wildman–Crippen LogP) is 4.37. The number of allylic oxidation sites excluding steroid dienone is 3. The molecule has 3 unspecified atom stereocenters. The zero-order chi connectivity index (χ0) is 14.4. The minimum absolute atomic E-state index is 0.142. The van der Waals surface area contributed by atoms with E-state index in [0.717, 1.165) is 51.4 Å². The van der Waals surface area contributed by atoms with Crippen LogP contribution >= 0.6 is 0 Å². The molecule has 0 fully saturated rings. The SMILES string of the molecule is CC[C@H]1C=C(CCC(O)C2CC=CCC2)C(N=O)CC1. The average molecular weight is 277 g/mol. The first-order chi connectivity index (χ1) is 9.74. The van der Waals surface area contributed by atoms with E-state index in [1.54, 1.807) is 0 Å². The van der Waals surface area contributed by atoms with E-state index in [1.807, 2.05) is 0 Å². The fraction of sp³-hybridized carbons (Fsp3) is 0.765. The Kier molecular flexibility index (Phi) is 5.96. The summed E-state index contributed by atoms with van der Waals surface area (Å²) in [6.07, 6.45) is 14.2. The van der Waals surface area contributed by atoms with Gasteiger partial charge in [0.2, 0.25) is 0 Å². The van der Waals surface area contributed by atoms with Gasteiger partial charge in [-0.25, -0.2) is 0 Å². The van der Waals surface area contributed by atoms with E-state index in [-0.39, 0.29) is 12.1 Å². The molecule has 4 atom stereocenters. The Morgan fingerprint density at radius 1 is 1.35 bits per heavy atom. The van der Waals surface area contributed by atoms with Gasteiger partial charge >= 0.3 is 0 Å². The molecule has 0 aromatic heterocycles. The molecule has 2 rings (SSSR count). The van der Waals surface area contributed by atoms with Gasteiger partial charge in [-0.1, -0.05) is 30.3 Å². The maximum atomic E-state index is 10.9. The van der Waals surface area contributed by atoms with Crippen LogP contribution in [0.3, 0.4) is 0 Å². The molecule has 2 aliphatic rings. The second kappa shape index (κ2) is 7.72. The highest BCUT2D eigenvalue weighted by Crippen LogP contribution is 2.32. The lowest BCUT2D eigenvalue weighted by atomic mass is 9.81. The molecule has 112 valence electrons. The van der Waals surface area contributed by atoms with Gasteiger partial charge in [0.25, 0.3) is 0 Å². The van der Waals surface area contributed by atoms with E-state index in [0.29, 0.717) is 11.8 Å². The molecule has 0 aromatic rings. The van der Waals surface area contributed by atoms with Gasteiger partial charge in [0.05, 0.1) is 6.10 Å². The van der Waals surface area contributed by atoms with Crippen molar-refractivity contribution in [1.82, 2.24) is 0 Å². The molecule has 3 heteroatoms. The molecule has 0 saturated carbocycles. The number of aliphatic hydroxyl groups is 1. The Morgan fingerprint density at radius 2 is 2.20 bits per heavy atom. The summed E-state index contributed by atoms with van der Waals surface area (Å²) in [5.74, 6) is 0.992. The third-order valence-corrected chi connectivity index (χ3v) is 4.92. The largest absolute Gasteiger partial charge is 0.393 e. The third kappa shape index (κ3) is 4.02. The van der Waals surface area contributed by atoms with Gasteiger partial charge in [0.1, 0.15) is 6.04 Å². The maximum Gasteiger partial charge on any atom is 0.113 e. The molecule has 0 heterocycles. The molecule has 2 aliphatic carbocycles. The molecule has 20 heavy (non-hydrogen) atoms. The van der Waals surface area contributed by atoms with Crippen molar-refractivity contribution >= 4 is 0 Å². The van der Waals surface area contributed by atoms with E-state index in [2.05, 4.69) is 30.3 Å². The van der Waals surface area contributed by atoms with Crippen molar-refractivity contribution in [3.8, 4) is 0 Å². The zero-order valence-corrected chi connectivity index (χ0v) is 12.5. The topological polar surface area (TPSA) is 49.7 Å². The van der Waals surface area contributed by atoms with Gasteiger partial charge in [-0.2, -0.15) is 4.91 Å². The first-order valence-corrected chi connectivity index (χ1v) is 8.10. The van der Waals surface area contributed by atoms with E-state index >= 15 is 0 Å². The number of nitroso groups, excluding NO2 is 1. The van der Waals surface area contributed by atoms with Gasteiger partial charge in [0.15, 0.2) is 0 Å². The van der Waals surface area contributed by atoms with Gasteiger partial charge in [0, 0.05) is 0 Å². The maximum absolute atomic E-state index is 10.9. The number of hydrogen-bond acceptors (Lipinski definition) is 3. The van der Waals surface area contributed by atoms with Crippen LogP contribution in [0.15, 0.2) is 29.0 Å². The Morgan fingerprint density at radius 3 is 2.85 bits per heavy atom. The lowest BCUT2D eigenvalue weighted by Gasteiger charge is -2.27. The fourth-order valence-corrected chi connectivity index (χ4v) is 3.46. The normalized spacial score (nSPS) is 31.7. The van der Waals surface area contributed by atoms with E-state index < -0.39 is 0 Å². The molecule has 0 saturated heterocycles. The number of rotatable bonds is 6. The molecule has 0 amide bonds. The molecular weight excluding hydrogens is 250 g/mol. The molecule has 0 aliphatic heterocycles. The smallest absolute Gasteiger partial charge is 0.113 e. The summed E-state index contributed by atoms with van der Waals surface area (Å²) in [5.41, 5.74) is 1.17. The van der Waals surface area contributed by atoms with Crippen LogP contribution in [0.1, 0.15) is 58.3 Å². The van der Waals surface area contributed by atoms with Crippen molar-refractivity contribution in [2.24, 2.45) is 17.0 Å². The van der Waals surface area contributed by atoms with Crippen molar-refractivity contribution in [3.05, 3.63) is 28.7 Å². The molecule has 1 N–H and O–H groups in total. The van der Waals surface area contributed by atoms with Gasteiger partial charge in [-0.05, 0) is 68.8 Å². The van der Waals surface area contributed by atoms with Crippen LogP contribution in [-0.4, -0.2) is 17.3 Å². The fourth-order valence-electron chi connectivity index (χ4n) is 3.46. The molecule has 0 spiro atoms. The Labute approximate surface area is 122 Å². The lowest BCUT2D eigenvalue weighted by Crippen LogP contribution is -2.23. The van der Waals surface area contributed by atoms with E-state index in [4.69, 9.17) is 0 Å². The van der Waals surface area contributed by atoms with Crippen LogP contribution in [0.4, 0.5) is 0 Å². The quantitative estimate of drug-likeness (QED) is 0.579. The number of hydrogen-bond donors (Lipinski definition) is 1. The van der Waals surface area contributed by atoms with E-state index in [1.165, 1.54) is 5.57 Å². The molecule has 3 nitrogen and oxygen atoms in total. The Balaban J connectivity index is 1.88. The number of aliphatic hydroxyl groups excluding tert-OH is 1. The molecule has 0 aromatic carbocycles. The third-order valence-electron chi connectivity index (χ3n) is 4.92. The summed E-state index contributed by atoms with van der Waals surface area (Å²) >= 11 is 0. The average Bonchev–Trinajstić information content (AvgIpc) is 2.53. The van der Waals surface area contributed by atoms with Crippen molar-refractivity contribution in [3.63, 3.8) is 0 Å². The van der Waals surface area contributed by atoms with Gasteiger partial charge in [-0.15, -0.1) is 0 Å². The second-order valence-electron chi connectivity index (χ2n) is 6.26. The van der Waals surface area contributed by atoms with Gasteiger partial charge < -0.3 is 5.11 Å². The monoisotopic (exact) mass is 277 g/mol. The Bertz CT molecular complexity index is 375. The molecular formula is C17H27NO2. The molecule has 0 radical (unpaired) electrons. The van der Waals surface area contributed by atoms with Crippen molar-refractivity contribution < 1.29 is 5.11 Å². The van der Waals surface area contributed by atoms with E-state index in [9.17, 15) is 10.0 Å². The standard InChI is InChI=1S/C17H27NO2/c1-2-13-8-10-16(18-20)15(12-13)9-11-17(19)14-6-4-3-5-7-14/h3-4,12-14,16-17,19H,2,5-11H2,1H3/t13-,14?,16?,17?/m1/s1. The minimum Gasteiger partial charge on any atom is -0.393 e. The number of nitrogens with zero attached hydrogens (tertiary/aromatic N) is 1. The van der Waals surface area contributed by atoms with Crippen LogP contribution in [0.2, 0.25) is 0 Å². The van der Waals surface area contributed by atoms with Crippen LogP contribution < -0.4 is 0 Å². The lowest BCUT2D eigenvalue weighted by molar-refractivity contribution is 0.0932. The first kappa shape index (κ1) is 15.4. The summed E-state index contributed by atoms with van der Waals surface area (Å²) in [4.78, 5) is 10.9. The zero-order valence-electron chi connectivity index (χ0n) is 12.5. The first-order valence-electron chi connectivity index (χ1n) is 8.10. The Hall–Kier alpha value is -0.960.